The van der Waals surface area contributed by atoms with Gasteiger partial charge in [0.05, 0.1) is 5.56 Å². The van der Waals surface area contributed by atoms with E-state index in [4.69, 9.17) is 10.2 Å². The zero-order valence-corrected chi connectivity index (χ0v) is 21.0. The number of alkyl halides is 3. The van der Waals surface area contributed by atoms with Crippen molar-refractivity contribution in [1.29, 1.82) is 0 Å². The van der Waals surface area contributed by atoms with Gasteiger partial charge >= 0.3 is 11.8 Å². The van der Waals surface area contributed by atoms with Crippen molar-refractivity contribution in [1.82, 2.24) is 16.0 Å². The smallest absolute Gasteiger partial charge is 0.417 e. The number of nitrogens with one attached hydrogen (secondary N) is 4. The maximum atomic E-state index is 13.3. The van der Waals surface area contributed by atoms with E-state index in [1.807, 2.05) is 0 Å². The van der Waals surface area contributed by atoms with E-state index >= 15 is 0 Å². The molecule has 4 amide bonds. The van der Waals surface area contributed by atoms with Crippen LogP contribution in [0.1, 0.15) is 45.6 Å². The Hall–Kier alpha value is -3.94. The molecule has 0 saturated heterocycles. The summed E-state index contributed by atoms with van der Waals surface area (Å²) in [5, 5.41) is 9.50. The number of benzene rings is 1. The Balaban J connectivity index is 2.18. The molecule has 0 aliphatic rings. The fourth-order valence-electron chi connectivity index (χ4n) is 3.54. The summed E-state index contributed by atoms with van der Waals surface area (Å²) in [7, 11) is 0. The molecule has 3 atom stereocenters. The van der Waals surface area contributed by atoms with Crippen molar-refractivity contribution in [2.24, 2.45) is 5.73 Å². The predicted molar refractivity (Wildman–Crippen MR) is 132 cm³/mol. The lowest BCUT2D eigenvalue weighted by molar-refractivity contribution is -0.136. The molecule has 38 heavy (non-hydrogen) atoms. The van der Waals surface area contributed by atoms with Crippen LogP contribution in [0.5, 0.6) is 0 Å². The van der Waals surface area contributed by atoms with Gasteiger partial charge in [-0.3, -0.25) is 19.2 Å². The molecule has 2 aromatic rings. The topological polar surface area (TPSA) is 173 Å². The highest BCUT2D eigenvalue weighted by Crippen LogP contribution is 2.34. The fourth-order valence-corrected chi connectivity index (χ4v) is 3.54. The van der Waals surface area contributed by atoms with Crippen LogP contribution in [-0.4, -0.2) is 48.3 Å². The van der Waals surface area contributed by atoms with Crippen LogP contribution in [-0.2, 0) is 25.4 Å². The van der Waals surface area contributed by atoms with E-state index in [0.717, 1.165) is 12.1 Å². The average molecular weight is 542 g/mol. The lowest BCUT2D eigenvalue weighted by atomic mass is 10.1. The second-order valence-corrected chi connectivity index (χ2v) is 8.68. The highest BCUT2D eigenvalue weighted by atomic mass is 19.4. The first-order valence-corrected chi connectivity index (χ1v) is 11.8. The largest absolute Gasteiger partial charge is 0.423 e. The molecule has 0 aliphatic heterocycles. The van der Waals surface area contributed by atoms with Crippen molar-refractivity contribution in [2.45, 2.75) is 64.3 Å². The van der Waals surface area contributed by atoms with Gasteiger partial charge in [-0.2, -0.15) is 13.2 Å². The van der Waals surface area contributed by atoms with E-state index in [9.17, 15) is 37.1 Å². The number of hydrogen-bond acceptors (Lipinski definition) is 7. The number of carbonyl (C=O) groups excluding carboxylic acids is 4. The van der Waals surface area contributed by atoms with Crippen LogP contribution in [0.4, 0.5) is 18.9 Å². The molecule has 0 saturated carbocycles. The van der Waals surface area contributed by atoms with Gasteiger partial charge in [0, 0.05) is 30.1 Å². The van der Waals surface area contributed by atoms with Crippen molar-refractivity contribution in [3.63, 3.8) is 0 Å². The highest BCUT2D eigenvalue weighted by molar-refractivity contribution is 5.99. The zero-order valence-electron chi connectivity index (χ0n) is 21.0. The minimum Gasteiger partial charge on any atom is -0.423 e. The average Bonchev–Trinajstić information content (AvgIpc) is 2.81. The van der Waals surface area contributed by atoms with E-state index < -0.39 is 59.1 Å². The zero-order chi connectivity index (χ0) is 28.6. The molecule has 0 unspecified atom stereocenters. The first kappa shape index (κ1) is 30.3. The number of anilines is 1. The summed E-state index contributed by atoms with van der Waals surface area (Å²) < 4.78 is 44.7. The van der Waals surface area contributed by atoms with Gasteiger partial charge < -0.3 is 31.4 Å². The maximum Gasteiger partial charge on any atom is 0.417 e. The second kappa shape index (κ2) is 13.0. The van der Waals surface area contributed by atoms with Gasteiger partial charge in [-0.05, 0) is 51.8 Å². The lowest BCUT2D eigenvalue weighted by Crippen LogP contribution is -2.54. The Bertz CT molecular complexity index is 1250. The summed E-state index contributed by atoms with van der Waals surface area (Å²) in [4.78, 5) is 60.6. The van der Waals surface area contributed by atoms with Crippen LogP contribution >= 0.6 is 0 Å². The van der Waals surface area contributed by atoms with E-state index in [1.165, 1.54) is 26.8 Å². The molecule has 6 N–H and O–H groups in total. The monoisotopic (exact) mass is 541 g/mol. The molecule has 0 radical (unpaired) electrons. The van der Waals surface area contributed by atoms with Gasteiger partial charge in [0.1, 0.15) is 23.7 Å². The van der Waals surface area contributed by atoms with Crippen LogP contribution in [0.3, 0.4) is 0 Å². The molecular formula is C24H30F3N5O6. The van der Waals surface area contributed by atoms with Crippen molar-refractivity contribution in [3.8, 4) is 0 Å². The number of nitrogens with two attached hydrogens (primary N) is 1. The first-order chi connectivity index (χ1) is 17.7. The second-order valence-electron chi connectivity index (χ2n) is 8.68. The van der Waals surface area contributed by atoms with Gasteiger partial charge in [-0.25, -0.2) is 4.79 Å². The minimum absolute atomic E-state index is 0.0357. The Morgan fingerprint density at radius 3 is 2.18 bits per heavy atom. The third kappa shape index (κ3) is 8.57. The fraction of sp³-hybridized carbons (Fsp3) is 0.458. The van der Waals surface area contributed by atoms with Crippen molar-refractivity contribution < 1.29 is 36.8 Å². The Labute approximate surface area is 215 Å². The van der Waals surface area contributed by atoms with Crippen LogP contribution in [0, 0.1) is 0 Å². The van der Waals surface area contributed by atoms with Crippen molar-refractivity contribution >= 4 is 40.3 Å². The quantitative estimate of drug-likeness (QED) is 0.211. The Morgan fingerprint density at radius 2 is 1.58 bits per heavy atom. The molecule has 0 aliphatic carbocycles. The number of hydrogen-bond donors (Lipinski definition) is 5. The minimum atomic E-state index is -4.79. The lowest BCUT2D eigenvalue weighted by Gasteiger charge is -2.22. The molecule has 1 aromatic carbocycles. The summed E-state index contributed by atoms with van der Waals surface area (Å²) in [5.41, 5.74) is 2.79. The Kier molecular flexibility index (Phi) is 10.4. The van der Waals surface area contributed by atoms with E-state index in [2.05, 4.69) is 21.3 Å². The molecule has 0 bridgehead atoms. The predicted octanol–water partition coefficient (Wildman–Crippen LogP) is 1.39. The summed E-state index contributed by atoms with van der Waals surface area (Å²) in [6.07, 6.45) is -3.58. The summed E-state index contributed by atoms with van der Waals surface area (Å²) in [5.74, 6) is -2.40. The van der Waals surface area contributed by atoms with Gasteiger partial charge in [-0.15, -0.1) is 0 Å². The van der Waals surface area contributed by atoms with Crippen LogP contribution in [0.25, 0.3) is 11.0 Å². The molecule has 11 nitrogen and oxygen atoms in total. The number of unbranched alkanes of at least 4 members (excludes halogenated alkanes) is 1. The molecule has 14 heteroatoms. The number of amides is 4. The molecule has 0 spiro atoms. The molecule has 1 heterocycles. The SMILES string of the molecule is CC(=O)N[C@@H](C)C(=O)N[C@@H](C)C(=O)N[C@@H](CCCCN)C(=O)Nc1ccc2c(C(F)(F)F)cc(=O)oc2c1. The maximum absolute atomic E-state index is 13.3. The number of fused-ring (bicyclic) bond motifs is 1. The van der Waals surface area contributed by atoms with Gasteiger partial charge in [0.25, 0.3) is 0 Å². The normalized spacial score (nSPS) is 13.8. The van der Waals surface area contributed by atoms with Gasteiger partial charge in [0.2, 0.25) is 23.6 Å². The standard InChI is InChI=1S/C24H30F3N5O6/c1-12(29-14(3)33)21(35)30-13(2)22(36)32-18(6-4-5-9-28)23(37)31-15-7-8-16-17(24(25,26)27)11-20(34)38-19(16)10-15/h7-8,10-13,18H,4-6,9,28H2,1-3H3,(H,29,33)(H,30,35)(H,31,37)(H,32,36)/t12-,13-,18-/m0/s1. The van der Waals surface area contributed by atoms with E-state index in [1.54, 1.807) is 0 Å². The van der Waals surface area contributed by atoms with Crippen LogP contribution < -0.4 is 32.6 Å². The first-order valence-electron chi connectivity index (χ1n) is 11.8. The van der Waals surface area contributed by atoms with Gasteiger partial charge in [0.15, 0.2) is 0 Å². The number of carbonyl (C=O) groups is 4. The third-order valence-electron chi connectivity index (χ3n) is 5.46. The molecule has 0 fully saturated rings. The summed E-state index contributed by atoms with van der Waals surface area (Å²) in [6, 6.07) is 0.671. The highest BCUT2D eigenvalue weighted by Gasteiger charge is 2.34. The third-order valence-corrected chi connectivity index (χ3v) is 5.46. The number of rotatable bonds is 11. The molecule has 2 rings (SSSR count). The van der Waals surface area contributed by atoms with Crippen molar-refractivity contribution in [2.75, 3.05) is 11.9 Å². The molecule has 208 valence electrons. The molecule has 1 aromatic heterocycles. The summed E-state index contributed by atoms with van der Waals surface area (Å²) in [6.45, 7) is 4.42. The van der Waals surface area contributed by atoms with Crippen LogP contribution in [0.2, 0.25) is 0 Å². The number of halogens is 3. The summed E-state index contributed by atoms with van der Waals surface area (Å²) >= 11 is 0. The van der Waals surface area contributed by atoms with E-state index in [0.29, 0.717) is 25.5 Å². The van der Waals surface area contributed by atoms with Gasteiger partial charge in [-0.1, -0.05) is 0 Å². The van der Waals surface area contributed by atoms with E-state index in [-0.39, 0.29) is 23.1 Å². The van der Waals surface area contributed by atoms with Crippen molar-refractivity contribution in [3.05, 3.63) is 40.2 Å². The molecular weight excluding hydrogens is 511 g/mol. The van der Waals surface area contributed by atoms with Crippen LogP contribution in [0.15, 0.2) is 33.5 Å². The Morgan fingerprint density at radius 1 is 0.947 bits per heavy atom.